The van der Waals surface area contributed by atoms with E-state index in [0.29, 0.717) is 55.2 Å². The largest absolute Gasteiger partial charge is 0.247 e. The third-order valence-electron chi connectivity index (χ3n) is 18.7. The number of rotatable bonds is 0. The van der Waals surface area contributed by atoms with Crippen molar-refractivity contribution in [1.82, 2.24) is 0 Å². The van der Waals surface area contributed by atoms with Crippen LogP contribution in [0.4, 0.5) is 4.39 Å². The Morgan fingerprint density at radius 3 is 1.30 bits per heavy atom. The molecule has 0 N–H and O–H groups in total. The molecule has 0 radical (unpaired) electrons. The van der Waals surface area contributed by atoms with Gasteiger partial charge in [-0.05, 0) is 180 Å². The molecule has 6 aliphatic carbocycles. The quantitative estimate of drug-likeness (QED) is 0.229. The summed E-state index contributed by atoms with van der Waals surface area (Å²) in [6.07, 6.45) is 22.6. The van der Waals surface area contributed by atoms with Crippen LogP contribution in [0.25, 0.3) is 0 Å². The average molecular weight is 797 g/mol. The van der Waals surface area contributed by atoms with Crippen LogP contribution in [0.1, 0.15) is 248 Å². The maximum Gasteiger partial charge on any atom is 0.100 e. The van der Waals surface area contributed by atoms with Crippen molar-refractivity contribution in [3.05, 3.63) is 0 Å². The lowest BCUT2D eigenvalue weighted by Crippen LogP contribution is -2.54. The van der Waals surface area contributed by atoms with Crippen LogP contribution in [0.15, 0.2) is 0 Å². The molecule has 6 rings (SSSR count). The van der Waals surface area contributed by atoms with E-state index in [-0.39, 0.29) is 0 Å². The predicted molar refractivity (Wildman–Crippen MR) is 251 cm³/mol. The summed E-state index contributed by atoms with van der Waals surface area (Å²) >= 11 is 0. The number of alkyl halides is 1. The van der Waals surface area contributed by atoms with Gasteiger partial charge in [-0.25, -0.2) is 4.39 Å². The highest BCUT2D eigenvalue weighted by Gasteiger charge is 2.57. The zero-order chi connectivity index (χ0) is 43.4. The van der Waals surface area contributed by atoms with Gasteiger partial charge in [-0.1, -0.05) is 171 Å². The Kier molecular flexibility index (Phi) is 15.3. The molecule has 57 heavy (non-hydrogen) atoms. The van der Waals surface area contributed by atoms with E-state index in [2.05, 4.69) is 138 Å². The van der Waals surface area contributed by atoms with Crippen molar-refractivity contribution >= 4 is 0 Å². The van der Waals surface area contributed by atoms with Crippen molar-refractivity contribution in [1.29, 1.82) is 0 Å². The number of halogens is 1. The van der Waals surface area contributed by atoms with Gasteiger partial charge in [0.05, 0.1) is 0 Å². The zero-order valence-corrected chi connectivity index (χ0v) is 42.7. The lowest BCUT2D eigenvalue weighted by atomic mass is 9.44. The molecule has 0 aromatic carbocycles. The number of fused-ring (bicyclic) bond motifs is 3. The minimum Gasteiger partial charge on any atom is -0.247 e. The Morgan fingerprint density at radius 1 is 0.386 bits per heavy atom. The van der Waals surface area contributed by atoms with E-state index in [9.17, 15) is 4.39 Å². The van der Waals surface area contributed by atoms with Gasteiger partial charge in [0.25, 0.3) is 0 Å². The lowest BCUT2D eigenvalue weighted by molar-refractivity contribution is -0.126. The van der Waals surface area contributed by atoms with Gasteiger partial charge in [0, 0.05) is 0 Å². The van der Waals surface area contributed by atoms with Crippen molar-refractivity contribution < 1.29 is 4.39 Å². The molecule has 1 heteroatoms. The van der Waals surface area contributed by atoms with E-state index < -0.39 is 6.17 Å². The van der Waals surface area contributed by atoms with E-state index in [0.717, 1.165) is 66.6 Å². The van der Waals surface area contributed by atoms with E-state index in [1.807, 2.05) is 0 Å². The number of hydrogen-bond donors (Lipinski definition) is 0. The molecule has 0 aromatic heterocycles. The average Bonchev–Trinajstić information content (AvgIpc) is 3.04. The molecule has 0 aliphatic heterocycles. The fourth-order valence-electron chi connectivity index (χ4n) is 16.8. The van der Waals surface area contributed by atoms with Gasteiger partial charge < -0.3 is 0 Å². The van der Waals surface area contributed by atoms with Crippen LogP contribution in [-0.4, -0.2) is 6.17 Å². The lowest BCUT2D eigenvalue weighted by Gasteiger charge is -2.61. The van der Waals surface area contributed by atoms with Crippen LogP contribution in [0.2, 0.25) is 0 Å². The Balaban J connectivity index is 0.000000190. The number of hydrogen-bond acceptors (Lipinski definition) is 0. The summed E-state index contributed by atoms with van der Waals surface area (Å²) in [7, 11) is 0. The van der Waals surface area contributed by atoms with Crippen LogP contribution >= 0.6 is 0 Å². The van der Waals surface area contributed by atoms with Gasteiger partial charge in [0.15, 0.2) is 0 Å². The molecule has 0 aromatic rings. The molecule has 0 amide bonds. The molecule has 0 saturated heterocycles. The standard InChI is InChI=1S/C19H35F.C19H36.C18H34/c1-17(2,3)15-9-8-13-12-14(20)10-11-19(13,7)16(15)18(4,5)6;1-17(2,3)15-12-11-14-10-8-9-13-19(14,7)16(15)18(4,5)6;1-17(2,3)15-12-11-13-9-7-8-10-14(13)16(15)18(4,5)6/h13-16H,8-12H2,1-7H3;14-16H,8-13H2,1-7H3;13-16H,7-12H2,1-6H3/t13?,14-,15?,16?,19-;14?,15?,16?,19-;13?,14-,15?,16?/m000/s1. The first-order valence-corrected chi connectivity index (χ1v) is 25.4. The smallest absolute Gasteiger partial charge is 0.100 e. The first-order valence-electron chi connectivity index (χ1n) is 25.4. The summed E-state index contributed by atoms with van der Waals surface area (Å²) in [5.41, 5.74) is 3.50. The SMILES string of the molecule is CC(C)(C)C1CCC2CCCC[C@@H]2C1C(C)(C)C.CC(C)(C)C1CCC2CCCC[C@]2(C)C1C(C)(C)C.CC(C)(C)C1CCC2C[C@@H](F)CC[C@]2(C)C1C(C)(C)C. The minimum absolute atomic E-state index is 0.314. The van der Waals surface area contributed by atoms with Gasteiger partial charge in [-0.3, -0.25) is 0 Å². The Labute approximate surface area is 359 Å². The minimum atomic E-state index is -0.542. The third-order valence-corrected chi connectivity index (χ3v) is 18.7. The Hall–Kier alpha value is -0.0700. The molecule has 13 atom stereocenters. The highest BCUT2D eigenvalue weighted by molar-refractivity contribution is 5.06. The molecule has 9 unspecified atom stereocenters. The summed E-state index contributed by atoms with van der Waals surface area (Å²) < 4.78 is 13.9. The molecule has 0 heterocycles. The van der Waals surface area contributed by atoms with Crippen molar-refractivity contribution in [3.8, 4) is 0 Å². The van der Waals surface area contributed by atoms with Gasteiger partial charge >= 0.3 is 0 Å². The van der Waals surface area contributed by atoms with E-state index in [1.165, 1.54) is 89.9 Å². The Morgan fingerprint density at radius 2 is 0.825 bits per heavy atom. The van der Waals surface area contributed by atoms with E-state index in [1.54, 1.807) is 0 Å². The first-order chi connectivity index (χ1) is 25.7. The molecule has 6 saturated carbocycles. The molecule has 0 bridgehead atoms. The van der Waals surface area contributed by atoms with Crippen LogP contribution in [0.3, 0.4) is 0 Å². The maximum atomic E-state index is 13.9. The maximum absolute atomic E-state index is 13.9. The molecule has 0 nitrogen and oxygen atoms in total. The fraction of sp³-hybridized carbons (Fsp3) is 1.00. The second-order valence-electron chi connectivity index (χ2n) is 29.0. The van der Waals surface area contributed by atoms with Gasteiger partial charge in [-0.2, -0.15) is 0 Å². The summed E-state index contributed by atoms with van der Waals surface area (Å²) in [5, 5.41) is 0. The zero-order valence-electron chi connectivity index (χ0n) is 42.7. The molecular weight excluding hydrogens is 692 g/mol. The topological polar surface area (TPSA) is 0 Å². The molecule has 6 aliphatic rings. The van der Waals surface area contributed by atoms with Crippen molar-refractivity contribution in [3.63, 3.8) is 0 Å². The monoisotopic (exact) mass is 797 g/mol. The third kappa shape index (κ3) is 11.3. The van der Waals surface area contributed by atoms with Gasteiger partial charge in [0.2, 0.25) is 0 Å². The van der Waals surface area contributed by atoms with Crippen LogP contribution in [0, 0.1) is 102 Å². The van der Waals surface area contributed by atoms with Crippen molar-refractivity contribution in [2.24, 2.45) is 102 Å². The second-order valence-corrected chi connectivity index (χ2v) is 29.0. The molecule has 6 fully saturated rings. The first kappa shape index (κ1) is 49.6. The fourth-order valence-corrected chi connectivity index (χ4v) is 16.8. The summed E-state index contributed by atoms with van der Waals surface area (Å²) in [5.74, 6) is 8.82. The van der Waals surface area contributed by atoms with Crippen LogP contribution in [0.5, 0.6) is 0 Å². The summed E-state index contributed by atoms with van der Waals surface area (Å²) in [4.78, 5) is 0. The van der Waals surface area contributed by atoms with Crippen LogP contribution < -0.4 is 0 Å². The van der Waals surface area contributed by atoms with Crippen molar-refractivity contribution in [2.45, 2.75) is 254 Å². The summed E-state index contributed by atoms with van der Waals surface area (Å²) in [6.45, 7) is 49.4. The molecule has 0 spiro atoms. The normalized spacial score (nSPS) is 40.9. The van der Waals surface area contributed by atoms with E-state index >= 15 is 0 Å². The van der Waals surface area contributed by atoms with Crippen LogP contribution in [-0.2, 0) is 0 Å². The van der Waals surface area contributed by atoms with Gasteiger partial charge in [-0.15, -0.1) is 0 Å². The highest BCUT2D eigenvalue weighted by Crippen LogP contribution is 2.65. The molecular formula is C56H105F. The Bertz CT molecular complexity index is 1250. The van der Waals surface area contributed by atoms with E-state index in [4.69, 9.17) is 0 Å². The highest BCUT2D eigenvalue weighted by atomic mass is 19.1. The summed E-state index contributed by atoms with van der Waals surface area (Å²) in [6, 6.07) is 0. The van der Waals surface area contributed by atoms with Gasteiger partial charge in [0.1, 0.15) is 6.17 Å². The second kappa shape index (κ2) is 17.6. The molecule has 336 valence electrons. The predicted octanol–water partition coefficient (Wildman–Crippen LogP) is 18.5. The van der Waals surface area contributed by atoms with Crippen molar-refractivity contribution in [2.75, 3.05) is 0 Å².